The van der Waals surface area contributed by atoms with E-state index in [-0.39, 0.29) is 16.7 Å². The molecule has 1 heterocycles. The maximum atomic E-state index is 12.8. The molecule has 182 valence electrons. The van der Waals surface area contributed by atoms with Crippen molar-refractivity contribution in [3.05, 3.63) is 89.5 Å². The standard InChI is InChI=1S/C27H29N3O4S/c1-3-29(4-2)35(33,34)24-14-10-21(11-15-24)27(32)28-23-13-16-25-22(18-23)12-17-26(31)30(25)19-20-8-6-5-7-9-20/h5-11,13-16,18H,3-4,12,17,19H2,1-2H3,(H,28,32). The van der Waals surface area contributed by atoms with Gasteiger partial charge in [-0.2, -0.15) is 4.31 Å². The zero-order chi connectivity index (χ0) is 25.0. The highest BCUT2D eigenvalue weighted by atomic mass is 32.2. The fraction of sp³-hybridized carbons (Fsp3) is 0.259. The number of nitrogens with zero attached hydrogens (tertiary/aromatic N) is 2. The van der Waals surface area contributed by atoms with Gasteiger partial charge in [0, 0.05) is 36.4 Å². The van der Waals surface area contributed by atoms with Crippen LogP contribution in [0.25, 0.3) is 0 Å². The first-order chi connectivity index (χ1) is 16.8. The molecule has 2 amide bonds. The van der Waals surface area contributed by atoms with Crippen molar-refractivity contribution < 1.29 is 18.0 Å². The van der Waals surface area contributed by atoms with Crippen LogP contribution in [0.2, 0.25) is 0 Å². The number of benzene rings is 3. The maximum absolute atomic E-state index is 12.8. The topological polar surface area (TPSA) is 86.8 Å². The molecule has 0 unspecified atom stereocenters. The molecule has 1 N–H and O–H groups in total. The highest BCUT2D eigenvalue weighted by molar-refractivity contribution is 7.89. The van der Waals surface area contributed by atoms with Crippen molar-refractivity contribution in [2.45, 2.75) is 38.1 Å². The average Bonchev–Trinajstić information content (AvgIpc) is 2.87. The molecular weight excluding hydrogens is 462 g/mol. The second-order valence-corrected chi connectivity index (χ2v) is 10.3. The Morgan fingerprint density at radius 3 is 2.29 bits per heavy atom. The first-order valence-electron chi connectivity index (χ1n) is 11.7. The second-order valence-electron chi connectivity index (χ2n) is 8.38. The summed E-state index contributed by atoms with van der Waals surface area (Å²) in [6.45, 7) is 4.85. The van der Waals surface area contributed by atoms with E-state index in [4.69, 9.17) is 0 Å². The molecule has 7 nitrogen and oxygen atoms in total. The van der Waals surface area contributed by atoms with E-state index < -0.39 is 10.0 Å². The minimum absolute atomic E-state index is 0.0814. The fourth-order valence-corrected chi connectivity index (χ4v) is 5.73. The van der Waals surface area contributed by atoms with E-state index in [0.717, 1.165) is 16.8 Å². The molecule has 8 heteroatoms. The Kier molecular flexibility index (Phi) is 7.33. The summed E-state index contributed by atoms with van der Waals surface area (Å²) in [5.74, 6) is -0.248. The van der Waals surface area contributed by atoms with Crippen LogP contribution in [0.4, 0.5) is 11.4 Å². The molecule has 0 aliphatic carbocycles. The van der Waals surface area contributed by atoms with E-state index in [1.54, 1.807) is 24.8 Å². The molecular formula is C27H29N3O4S. The average molecular weight is 492 g/mol. The van der Waals surface area contributed by atoms with Crippen LogP contribution in [0.3, 0.4) is 0 Å². The van der Waals surface area contributed by atoms with Gasteiger partial charge in [0.1, 0.15) is 0 Å². The Bertz CT molecular complexity index is 1320. The minimum atomic E-state index is -3.58. The summed E-state index contributed by atoms with van der Waals surface area (Å²) in [7, 11) is -3.58. The van der Waals surface area contributed by atoms with E-state index in [2.05, 4.69) is 5.32 Å². The van der Waals surface area contributed by atoms with Gasteiger partial charge in [-0.3, -0.25) is 9.59 Å². The molecule has 0 saturated heterocycles. The van der Waals surface area contributed by atoms with E-state index in [0.29, 0.717) is 43.7 Å². The number of rotatable bonds is 8. The second kappa shape index (κ2) is 10.4. The van der Waals surface area contributed by atoms with Gasteiger partial charge in [-0.15, -0.1) is 0 Å². The van der Waals surface area contributed by atoms with Crippen molar-refractivity contribution in [1.82, 2.24) is 4.31 Å². The number of carbonyl (C=O) groups excluding carboxylic acids is 2. The van der Waals surface area contributed by atoms with Gasteiger partial charge in [0.05, 0.1) is 11.4 Å². The smallest absolute Gasteiger partial charge is 0.255 e. The lowest BCUT2D eigenvalue weighted by Gasteiger charge is -2.30. The third kappa shape index (κ3) is 5.28. The van der Waals surface area contributed by atoms with E-state index in [1.807, 2.05) is 42.5 Å². The van der Waals surface area contributed by atoms with Crippen LogP contribution < -0.4 is 10.2 Å². The van der Waals surface area contributed by atoms with Crippen molar-refractivity contribution >= 4 is 33.2 Å². The maximum Gasteiger partial charge on any atom is 0.255 e. The normalized spacial score (nSPS) is 13.6. The van der Waals surface area contributed by atoms with Crippen molar-refractivity contribution in [2.24, 2.45) is 0 Å². The third-order valence-electron chi connectivity index (χ3n) is 6.18. The third-order valence-corrected chi connectivity index (χ3v) is 8.24. The fourth-order valence-electron chi connectivity index (χ4n) is 4.27. The largest absolute Gasteiger partial charge is 0.322 e. The van der Waals surface area contributed by atoms with Gasteiger partial charge < -0.3 is 10.2 Å². The summed E-state index contributed by atoms with van der Waals surface area (Å²) in [5.41, 5.74) is 3.90. The Labute approximate surface area is 206 Å². The lowest BCUT2D eigenvalue weighted by Crippen LogP contribution is -2.34. The van der Waals surface area contributed by atoms with Crippen LogP contribution in [-0.2, 0) is 27.8 Å². The Morgan fingerprint density at radius 2 is 1.63 bits per heavy atom. The van der Waals surface area contributed by atoms with Crippen molar-refractivity contribution in [3.63, 3.8) is 0 Å². The number of amides is 2. The molecule has 0 fully saturated rings. The van der Waals surface area contributed by atoms with Crippen LogP contribution >= 0.6 is 0 Å². The highest BCUT2D eigenvalue weighted by Gasteiger charge is 2.25. The molecule has 1 aliphatic heterocycles. The van der Waals surface area contributed by atoms with Gasteiger partial charge in [0.2, 0.25) is 15.9 Å². The zero-order valence-corrected chi connectivity index (χ0v) is 20.7. The quantitative estimate of drug-likeness (QED) is 0.504. The predicted molar refractivity (Wildman–Crippen MR) is 137 cm³/mol. The van der Waals surface area contributed by atoms with Gasteiger partial charge in [-0.05, 0) is 60.0 Å². The summed E-state index contributed by atoms with van der Waals surface area (Å²) >= 11 is 0. The Balaban J connectivity index is 1.49. The van der Waals surface area contributed by atoms with Crippen LogP contribution in [0.5, 0.6) is 0 Å². The number of nitrogens with one attached hydrogen (secondary N) is 1. The molecule has 0 aromatic heterocycles. The summed E-state index contributed by atoms with van der Waals surface area (Å²) in [4.78, 5) is 27.4. The summed E-state index contributed by atoms with van der Waals surface area (Å²) in [6, 6.07) is 21.4. The number of aryl methyl sites for hydroxylation is 1. The molecule has 0 spiro atoms. The highest BCUT2D eigenvalue weighted by Crippen LogP contribution is 2.31. The minimum Gasteiger partial charge on any atom is -0.322 e. The van der Waals surface area contributed by atoms with E-state index >= 15 is 0 Å². The number of hydrogen-bond donors (Lipinski definition) is 1. The van der Waals surface area contributed by atoms with E-state index in [9.17, 15) is 18.0 Å². The number of carbonyl (C=O) groups is 2. The number of anilines is 2. The molecule has 1 aliphatic rings. The first kappa shape index (κ1) is 24.6. The molecule has 0 atom stereocenters. The predicted octanol–water partition coefficient (Wildman–Crippen LogP) is 4.45. The molecule has 3 aromatic carbocycles. The number of fused-ring (bicyclic) bond motifs is 1. The monoisotopic (exact) mass is 491 g/mol. The van der Waals surface area contributed by atoms with Crippen LogP contribution in [0.1, 0.15) is 41.8 Å². The molecule has 0 saturated carbocycles. The summed E-state index contributed by atoms with van der Waals surface area (Å²) in [5, 5.41) is 2.89. The van der Waals surface area contributed by atoms with Gasteiger partial charge in [0.25, 0.3) is 5.91 Å². The first-order valence-corrected chi connectivity index (χ1v) is 13.2. The van der Waals surface area contributed by atoms with E-state index in [1.165, 1.54) is 28.6 Å². The Hall–Kier alpha value is -3.49. The summed E-state index contributed by atoms with van der Waals surface area (Å²) < 4.78 is 26.7. The van der Waals surface area contributed by atoms with Crippen LogP contribution in [0.15, 0.2) is 77.7 Å². The lowest BCUT2D eigenvalue weighted by atomic mass is 9.99. The van der Waals surface area contributed by atoms with Crippen molar-refractivity contribution in [1.29, 1.82) is 0 Å². The lowest BCUT2D eigenvalue weighted by molar-refractivity contribution is -0.119. The van der Waals surface area contributed by atoms with Crippen LogP contribution in [-0.4, -0.2) is 37.6 Å². The molecule has 0 radical (unpaired) electrons. The van der Waals surface area contributed by atoms with Gasteiger partial charge in [-0.1, -0.05) is 44.2 Å². The van der Waals surface area contributed by atoms with Gasteiger partial charge >= 0.3 is 0 Å². The summed E-state index contributed by atoms with van der Waals surface area (Å²) in [6.07, 6.45) is 1.03. The number of hydrogen-bond acceptors (Lipinski definition) is 4. The zero-order valence-electron chi connectivity index (χ0n) is 19.9. The van der Waals surface area contributed by atoms with Gasteiger partial charge in [-0.25, -0.2) is 8.42 Å². The molecule has 3 aromatic rings. The Morgan fingerprint density at radius 1 is 0.943 bits per heavy atom. The SMILES string of the molecule is CCN(CC)S(=O)(=O)c1ccc(C(=O)Nc2ccc3c(c2)CCC(=O)N3Cc2ccccc2)cc1. The number of sulfonamides is 1. The molecule has 35 heavy (non-hydrogen) atoms. The van der Waals surface area contributed by atoms with Gasteiger partial charge in [0.15, 0.2) is 0 Å². The van der Waals surface area contributed by atoms with Crippen molar-refractivity contribution in [3.8, 4) is 0 Å². The van der Waals surface area contributed by atoms with Crippen molar-refractivity contribution in [2.75, 3.05) is 23.3 Å². The van der Waals surface area contributed by atoms with Crippen LogP contribution in [0, 0.1) is 0 Å². The molecule has 0 bridgehead atoms. The molecule has 4 rings (SSSR count).